The van der Waals surface area contributed by atoms with Crippen molar-refractivity contribution in [1.82, 2.24) is 29.8 Å². The largest absolute Gasteiger partial charge is 0.338 e. The molecular formula is C25H24F2N6O2. The Morgan fingerprint density at radius 3 is 2.63 bits per heavy atom. The number of fused-ring (bicyclic) bond motifs is 1. The van der Waals surface area contributed by atoms with Gasteiger partial charge in [0.05, 0.1) is 23.0 Å². The van der Waals surface area contributed by atoms with Crippen LogP contribution in [0.2, 0.25) is 0 Å². The van der Waals surface area contributed by atoms with E-state index in [1.165, 1.54) is 10.7 Å². The molecule has 1 aliphatic heterocycles. The van der Waals surface area contributed by atoms with Crippen molar-refractivity contribution in [3.8, 4) is 16.9 Å². The maximum absolute atomic E-state index is 13.6. The predicted molar refractivity (Wildman–Crippen MR) is 127 cm³/mol. The summed E-state index contributed by atoms with van der Waals surface area (Å²) in [6.45, 7) is 2.47. The monoisotopic (exact) mass is 478 g/mol. The molecule has 1 amide bonds. The minimum Gasteiger partial charge on any atom is -0.338 e. The van der Waals surface area contributed by atoms with Crippen molar-refractivity contribution in [1.29, 1.82) is 0 Å². The van der Waals surface area contributed by atoms with Gasteiger partial charge in [0, 0.05) is 36.7 Å². The van der Waals surface area contributed by atoms with Crippen molar-refractivity contribution in [3.63, 3.8) is 0 Å². The van der Waals surface area contributed by atoms with Crippen LogP contribution in [0, 0.1) is 17.6 Å². The fourth-order valence-corrected chi connectivity index (χ4v) is 4.53. The standard InChI is InChI=1S/C25H24F2N6O2/c1-31(2)12-15-7-8-32(13-15)25(35)16-3-5-18(6-4-16)33-14-23(29-30-33)19-9-17-10-20(26)21(27)11-22(17)28-24(19)34/h3-6,9-11,14-15H,7-8,12-13H2,1-2H3,(H,28,34). The van der Waals surface area contributed by atoms with Gasteiger partial charge < -0.3 is 14.8 Å². The molecule has 1 fully saturated rings. The Balaban J connectivity index is 1.35. The molecule has 5 rings (SSSR count). The molecule has 1 unspecified atom stereocenters. The number of carbonyl (C=O) groups excluding carboxylic acids is 1. The molecule has 8 nitrogen and oxygen atoms in total. The number of rotatable bonds is 5. The Labute approximate surface area is 199 Å². The zero-order valence-electron chi connectivity index (χ0n) is 19.3. The molecule has 2 aromatic heterocycles. The minimum atomic E-state index is -1.04. The molecule has 10 heteroatoms. The smallest absolute Gasteiger partial charge is 0.258 e. The van der Waals surface area contributed by atoms with Gasteiger partial charge in [-0.15, -0.1) is 5.10 Å². The number of nitrogens with one attached hydrogen (secondary N) is 1. The molecule has 1 atom stereocenters. The molecule has 0 radical (unpaired) electrons. The van der Waals surface area contributed by atoms with Crippen molar-refractivity contribution < 1.29 is 13.6 Å². The third kappa shape index (κ3) is 4.57. The number of hydrogen-bond donors (Lipinski definition) is 1. The zero-order chi connectivity index (χ0) is 24.7. The highest BCUT2D eigenvalue weighted by Gasteiger charge is 2.27. The van der Waals surface area contributed by atoms with E-state index in [0.717, 1.165) is 38.2 Å². The summed E-state index contributed by atoms with van der Waals surface area (Å²) in [5.41, 5.74) is 1.42. The van der Waals surface area contributed by atoms with E-state index in [0.29, 0.717) is 22.6 Å². The summed E-state index contributed by atoms with van der Waals surface area (Å²) >= 11 is 0. The van der Waals surface area contributed by atoms with Crippen LogP contribution >= 0.6 is 0 Å². The van der Waals surface area contributed by atoms with Gasteiger partial charge in [-0.3, -0.25) is 9.59 Å². The van der Waals surface area contributed by atoms with Crippen molar-refractivity contribution in [3.05, 3.63) is 76.2 Å². The predicted octanol–water partition coefficient (Wildman–Crippen LogP) is 3.08. The lowest BCUT2D eigenvalue weighted by Crippen LogP contribution is -2.30. The number of benzene rings is 2. The number of aromatic amines is 1. The topological polar surface area (TPSA) is 87.1 Å². The van der Waals surface area contributed by atoms with E-state index in [9.17, 15) is 18.4 Å². The van der Waals surface area contributed by atoms with E-state index >= 15 is 0 Å². The van der Waals surface area contributed by atoms with Gasteiger partial charge in [0.25, 0.3) is 11.5 Å². The molecular weight excluding hydrogens is 454 g/mol. The summed E-state index contributed by atoms with van der Waals surface area (Å²) in [6, 6.07) is 10.4. The van der Waals surface area contributed by atoms with Crippen LogP contribution in [0.15, 0.2) is 53.5 Å². The van der Waals surface area contributed by atoms with E-state index < -0.39 is 17.2 Å². The molecule has 0 spiro atoms. The second-order valence-corrected chi connectivity index (χ2v) is 9.13. The van der Waals surface area contributed by atoms with E-state index in [1.54, 1.807) is 30.5 Å². The van der Waals surface area contributed by atoms with Crippen molar-refractivity contribution in [2.45, 2.75) is 6.42 Å². The van der Waals surface area contributed by atoms with Gasteiger partial charge in [-0.25, -0.2) is 13.5 Å². The Morgan fingerprint density at radius 2 is 1.89 bits per heavy atom. The lowest BCUT2D eigenvalue weighted by Gasteiger charge is -2.18. The molecule has 3 heterocycles. The summed E-state index contributed by atoms with van der Waals surface area (Å²) < 4.78 is 28.6. The van der Waals surface area contributed by atoms with Crippen molar-refractivity contribution in [2.24, 2.45) is 5.92 Å². The van der Waals surface area contributed by atoms with Crippen LogP contribution in [0.1, 0.15) is 16.8 Å². The van der Waals surface area contributed by atoms with Crippen LogP contribution in [0.4, 0.5) is 8.78 Å². The third-order valence-corrected chi connectivity index (χ3v) is 6.23. The molecule has 0 aliphatic carbocycles. The highest BCUT2D eigenvalue weighted by molar-refractivity contribution is 5.94. The molecule has 0 saturated carbocycles. The maximum Gasteiger partial charge on any atom is 0.258 e. The molecule has 1 saturated heterocycles. The number of halogens is 2. The number of pyridine rings is 1. The average Bonchev–Trinajstić information content (AvgIpc) is 3.49. The number of amides is 1. The highest BCUT2D eigenvalue weighted by atomic mass is 19.2. The van der Waals surface area contributed by atoms with Gasteiger partial charge in [0.15, 0.2) is 11.6 Å². The first-order valence-electron chi connectivity index (χ1n) is 11.3. The average molecular weight is 479 g/mol. The second-order valence-electron chi connectivity index (χ2n) is 9.13. The third-order valence-electron chi connectivity index (χ3n) is 6.23. The lowest BCUT2D eigenvalue weighted by molar-refractivity contribution is 0.0785. The second kappa shape index (κ2) is 9.03. The fraction of sp³-hybridized carbons (Fsp3) is 0.280. The van der Waals surface area contributed by atoms with Crippen LogP contribution in [0.3, 0.4) is 0 Å². The first-order valence-corrected chi connectivity index (χ1v) is 11.3. The quantitative estimate of drug-likeness (QED) is 0.477. The number of carbonyl (C=O) groups is 1. The number of hydrogen-bond acceptors (Lipinski definition) is 5. The van der Waals surface area contributed by atoms with Gasteiger partial charge in [-0.2, -0.15) is 0 Å². The first kappa shape index (κ1) is 22.9. The zero-order valence-corrected chi connectivity index (χ0v) is 19.3. The molecule has 0 bridgehead atoms. The van der Waals surface area contributed by atoms with E-state index in [-0.39, 0.29) is 22.7 Å². The van der Waals surface area contributed by atoms with Crippen LogP contribution in [-0.4, -0.2) is 69.4 Å². The Bertz CT molecular complexity index is 1460. The first-order chi connectivity index (χ1) is 16.8. The van der Waals surface area contributed by atoms with Crippen molar-refractivity contribution >= 4 is 16.8 Å². The Kier molecular flexibility index (Phi) is 5.89. The summed E-state index contributed by atoms with van der Waals surface area (Å²) in [5.74, 6) is -1.55. The number of aromatic nitrogens is 4. The molecule has 180 valence electrons. The minimum absolute atomic E-state index is 0.00320. The fourth-order valence-electron chi connectivity index (χ4n) is 4.53. The molecule has 35 heavy (non-hydrogen) atoms. The van der Waals surface area contributed by atoms with E-state index in [1.807, 2.05) is 19.0 Å². The van der Waals surface area contributed by atoms with Gasteiger partial charge in [0.2, 0.25) is 0 Å². The van der Waals surface area contributed by atoms with Crippen molar-refractivity contribution in [2.75, 3.05) is 33.7 Å². The van der Waals surface area contributed by atoms with Gasteiger partial charge in [-0.1, -0.05) is 5.21 Å². The lowest BCUT2D eigenvalue weighted by atomic mass is 10.1. The molecule has 1 aliphatic rings. The summed E-state index contributed by atoms with van der Waals surface area (Å²) in [4.78, 5) is 32.0. The molecule has 1 N–H and O–H groups in total. The summed E-state index contributed by atoms with van der Waals surface area (Å²) in [5, 5.41) is 8.49. The van der Waals surface area contributed by atoms with Gasteiger partial charge in [-0.05, 0) is 62.8 Å². The highest BCUT2D eigenvalue weighted by Crippen LogP contribution is 2.22. The number of H-pyrrole nitrogens is 1. The SMILES string of the molecule is CN(C)CC1CCN(C(=O)c2ccc(-n3cc(-c4cc5cc(F)c(F)cc5[nH]c4=O)nn3)cc2)C1. The number of likely N-dealkylation sites (tertiary alicyclic amines) is 1. The van der Waals surface area contributed by atoms with Crippen LogP contribution < -0.4 is 5.56 Å². The normalized spacial score (nSPS) is 15.9. The van der Waals surface area contributed by atoms with Crippen LogP contribution in [0.25, 0.3) is 27.8 Å². The Morgan fingerprint density at radius 1 is 1.14 bits per heavy atom. The summed E-state index contributed by atoms with van der Waals surface area (Å²) in [6.07, 6.45) is 2.57. The van der Waals surface area contributed by atoms with Gasteiger partial charge in [0.1, 0.15) is 5.69 Å². The van der Waals surface area contributed by atoms with E-state index in [2.05, 4.69) is 20.2 Å². The molecule has 2 aromatic carbocycles. The molecule has 4 aromatic rings. The van der Waals surface area contributed by atoms with E-state index in [4.69, 9.17) is 0 Å². The summed E-state index contributed by atoms with van der Waals surface area (Å²) in [7, 11) is 4.08. The van der Waals surface area contributed by atoms with Crippen LogP contribution in [0.5, 0.6) is 0 Å². The van der Waals surface area contributed by atoms with Crippen LogP contribution in [-0.2, 0) is 0 Å². The number of nitrogens with zero attached hydrogens (tertiary/aromatic N) is 5. The maximum atomic E-state index is 13.6. The Hall–Kier alpha value is -3.92. The van der Waals surface area contributed by atoms with Gasteiger partial charge >= 0.3 is 0 Å².